The molecule has 0 aliphatic heterocycles. The highest BCUT2D eigenvalue weighted by Gasteiger charge is 1.95. The zero-order chi connectivity index (χ0) is 6.69. The van der Waals surface area contributed by atoms with E-state index in [4.69, 9.17) is 5.26 Å². The molecule has 0 fully saturated rings. The van der Waals surface area contributed by atoms with E-state index in [1.165, 1.54) is 17.4 Å². The van der Waals surface area contributed by atoms with Crippen LogP contribution in [0.2, 0.25) is 0 Å². The van der Waals surface area contributed by atoms with E-state index in [1.807, 2.05) is 6.07 Å². The minimum Gasteiger partial charge on any atom is -0.192 e. The van der Waals surface area contributed by atoms with Gasteiger partial charge in [0, 0.05) is 5.38 Å². The summed E-state index contributed by atoms with van der Waals surface area (Å²) in [5, 5.41) is 12.5. The van der Waals surface area contributed by atoms with Gasteiger partial charge in [-0.05, 0) is 11.2 Å². The van der Waals surface area contributed by atoms with Gasteiger partial charge in [0.25, 0.3) is 0 Å². The molecule has 0 radical (unpaired) electrons. The third kappa shape index (κ3) is 1.12. The normalized spacial score (nSPS) is 8.33. The van der Waals surface area contributed by atoms with Gasteiger partial charge in [0.05, 0.1) is 0 Å². The Balaban J connectivity index is 3.03. The van der Waals surface area contributed by atoms with Gasteiger partial charge in [-0.3, -0.25) is 0 Å². The predicted octanol–water partition coefficient (Wildman–Crippen LogP) is 2.02. The molecule has 4 heteroatoms. The maximum Gasteiger partial charge on any atom is 0.120 e. The van der Waals surface area contributed by atoms with Crippen LogP contribution in [-0.4, -0.2) is 0 Å². The predicted molar refractivity (Wildman–Crippen MR) is 34.5 cm³/mol. The van der Waals surface area contributed by atoms with E-state index >= 15 is 0 Å². The first kappa shape index (κ1) is 5.92. The molecule has 0 spiro atoms. The van der Waals surface area contributed by atoms with Gasteiger partial charge in [-0.1, -0.05) is 0 Å². The standard InChI is InChI=1S/C5H2N2OS/c6-2-5-1-4(7-8)3-9-5/h1,3H. The summed E-state index contributed by atoms with van der Waals surface area (Å²) in [6.07, 6.45) is 0. The molecule has 0 bridgehead atoms. The largest absolute Gasteiger partial charge is 0.192 e. The van der Waals surface area contributed by atoms with Crippen molar-refractivity contribution in [1.29, 1.82) is 5.26 Å². The van der Waals surface area contributed by atoms with E-state index < -0.39 is 0 Å². The Morgan fingerprint density at radius 3 is 2.89 bits per heavy atom. The fourth-order valence-electron chi connectivity index (χ4n) is 0.433. The fraction of sp³-hybridized carbons (Fsp3) is 0. The average molecular weight is 138 g/mol. The van der Waals surface area contributed by atoms with Crippen LogP contribution in [-0.2, 0) is 0 Å². The van der Waals surface area contributed by atoms with Gasteiger partial charge in [-0.25, -0.2) is 0 Å². The van der Waals surface area contributed by atoms with Gasteiger partial charge in [0.2, 0.25) is 0 Å². The molecular formula is C5H2N2OS. The summed E-state index contributed by atoms with van der Waals surface area (Å²) in [5.41, 5.74) is 0.330. The van der Waals surface area contributed by atoms with Gasteiger partial charge >= 0.3 is 0 Å². The Labute approximate surface area is 55.5 Å². The lowest BCUT2D eigenvalue weighted by molar-refractivity contribution is 1.51. The molecule has 1 aromatic heterocycles. The Kier molecular flexibility index (Phi) is 1.56. The van der Waals surface area contributed by atoms with E-state index in [-0.39, 0.29) is 0 Å². The smallest absolute Gasteiger partial charge is 0.120 e. The zero-order valence-electron chi connectivity index (χ0n) is 4.37. The Morgan fingerprint density at radius 2 is 2.56 bits per heavy atom. The molecule has 3 nitrogen and oxygen atoms in total. The van der Waals surface area contributed by atoms with Crippen molar-refractivity contribution in [2.24, 2.45) is 5.18 Å². The molecule has 9 heavy (non-hydrogen) atoms. The first-order valence-electron chi connectivity index (χ1n) is 2.19. The van der Waals surface area contributed by atoms with Crippen molar-refractivity contribution in [2.75, 3.05) is 0 Å². The number of rotatable bonds is 1. The van der Waals surface area contributed by atoms with Crippen molar-refractivity contribution in [2.45, 2.75) is 0 Å². The molecule has 0 amide bonds. The molecule has 0 unspecified atom stereocenters. The molecule has 0 saturated heterocycles. The number of nitrogens with zero attached hydrogens (tertiary/aromatic N) is 2. The number of nitroso groups, excluding NO2 is 1. The zero-order valence-corrected chi connectivity index (χ0v) is 5.18. The van der Waals surface area contributed by atoms with Crippen molar-refractivity contribution >= 4 is 17.0 Å². The van der Waals surface area contributed by atoms with Gasteiger partial charge in [-0.15, -0.1) is 16.2 Å². The highest BCUT2D eigenvalue weighted by molar-refractivity contribution is 7.10. The minimum atomic E-state index is 0.330. The molecule has 0 aliphatic rings. The second-order valence-corrected chi connectivity index (χ2v) is 2.28. The van der Waals surface area contributed by atoms with Crippen molar-refractivity contribution in [3.05, 3.63) is 21.2 Å². The van der Waals surface area contributed by atoms with Gasteiger partial charge in [0.15, 0.2) is 0 Å². The molecule has 0 atom stereocenters. The molecule has 1 rings (SSSR count). The van der Waals surface area contributed by atoms with Crippen molar-refractivity contribution < 1.29 is 0 Å². The first-order valence-corrected chi connectivity index (χ1v) is 3.07. The SMILES string of the molecule is N#Cc1cc(N=O)cs1. The van der Waals surface area contributed by atoms with Crippen molar-refractivity contribution in [3.63, 3.8) is 0 Å². The van der Waals surface area contributed by atoms with Crippen LogP contribution in [0.25, 0.3) is 0 Å². The van der Waals surface area contributed by atoms with E-state index in [9.17, 15) is 4.91 Å². The summed E-state index contributed by atoms with van der Waals surface area (Å²) in [6.45, 7) is 0. The van der Waals surface area contributed by atoms with Crippen LogP contribution in [0.5, 0.6) is 0 Å². The molecule has 1 heterocycles. The van der Waals surface area contributed by atoms with Crippen LogP contribution in [0.15, 0.2) is 16.6 Å². The van der Waals surface area contributed by atoms with Crippen LogP contribution >= 0.6 is 11.3 Å². The second kappa shape index (κ2) is 2.37. The molecule has 1 aromatic rings. The third-order valence-corrected chi connectivity index (χ3v) is 1.62. The van der Waals surface area contributed by atoms with Gasteiger partial charge in [-0.2, -0.15) is 5.26 Å². The Bertz CT molecular complexity index is 260. The fourth-order valence-corrected chi connectivity index (χ4v) is 1.03. The molecule has 44 valence electrons. The van der Waals surface area contributed by atoms with Crippen LogP contribution in [0.3, 0.4) is 0 Å². The van der Waals surface area contributed by atoms with Crippen molar-refractivity contribution in [1.82, 2.24) is 0 Å². The second-order valence-electron chi connectivity index (χ2n) is 1.37. The number of thiophene rings is 1. The number of hydrogen-bond acceptors (Lipinski definition) is 4. The summed E-state index contributed by atoms with van der Waals surface area (Å²) < 4.78 is 0. The first-order chi connectivity index (χ1) is 4.36. The molecule has 0 aliphatic carbocycles. The topological polar surface area (TPSA) is 53.2 Å². The van der Waals surface area contributed by atoms with E-state index in [0.29, 0.717) is 10.6 Å². The van der Waals surface area contributed by atoms with Gasteiger partial charge in [0.1, 0.15) is 16.6 Å². The van der Waals surface area contributed by atoms with E-state index in [2.05, 4.69) is 5.18 Å². The lowest BCUT2D eigenvalue weighted by Crippen LogP contribution is -1.52. The summed E-state index contributed by atoms with van der Waals surface area (Å²) >= 11 is 1.22. The van der Waals surface area contributed by atoms with Crippen LogP contribution in [0, 0.1) is 16.2 Å². The molecule has 0 saturated carbocycles. The summed E-state index contributed by atoms with van der Waals surface area (Å²) in [5.74, 6) is 0. The lowest BCUT2D eigenvalue weighted by atomic mass is 10.5. The third-order valence-electron chi connectivity index (χ3n) is 0.801. The summed E-state index contributed by atoms with van der Waals surface area (Å²) in [7, 11) is 0. The van der Waals surface area contributed by atoms with Crippen LogP contribution < -0.4 is 0 Å². The molecule has 0 aromatic carbocycles. The number of nitriles is 1. The van der Waals surface area contributed by atoms with E-state index in [1.54, 1.807) is 5.38 Å². The average Bonchev–Trinajstić information content (AvgIpc) is 2.34. The highest BCUT2D eigenvalue weighted by atomic mass is 32.1. The highest BCUT2D eigenvalue weighted by Crippen LogP contribution is 2.20. The van der Waals surface area contributed by atoms with Crippen LogP contribution in [0.1, 0.15) is 4.88 Å². The number of hydrogen-bond donors (Lipinski definition) is 0. The summed E-state index contributed by atoms with van der Waals surface area (Å²) in [6, 6.07) is 3.36. The van der Waals surface area contributed by atoms with Crippen molar-refractivity contribution in [3.8, 4) is 6.07 Å². The minimum absolute atomic E-state index is 0.330. The van der Waals surface area contributed by atoms with Gasteiger partial charge < -0.3 is 0 Å². The summed E-state index contributed by atoms with van der Waals surface area (Å²) in [4.78, 5) is 10.3. The molecule has 0 N–H and O–H groups in total. The maximum absolute atomic E-state index is 9.78. The van der Waals surface area contributed by atoms with Crippen LogP contribution in [0.4, 0.5) is 5.69 Å². The maximum atomic E-state index is 9.78. The Morgan fingerprint density at radius 1 is 1.78 bits per heavy atom. The monoisotopic (exact) mass is 138 g/mol. The Hall–Kier alpha value is -1.21. The lowest BCUT2D eigenvalue weighted by Gasteiger charge is -1.67. The quantitative estimate of drug-likeness (QED) is 0.557. The molecular weight excluding hydrogens is 136 g/mol. The van der Waals surface area contributed by atoms with E-state index in [0.717, 1.165) is 0 Å².